The molecule has 1 aliphatic heterocycles. The second kappa shape index (κ2) is 10.5. The van der Waals surface area contributed by atoms with Crippen molar-refractivity contribution in [2.45, 2.75) is 13.1 Å². The second-order valence-corrected chi connectivity index (χ2v) is 6.43. The Morgan fingerprint density at radius 2 is 2.07 bits per heavy atom. The molecule has 146 valence electrons. The van der Waals surface area contributed by atoms with E-state index in [0.29, 0.717) is 37.7 Å². The first-order valence-electron chi connectivity index (χ1n) is 8.46. The smallest absolute Gasteiger partial charge is 0.242 e. The van der Waals surface area contributed by atoms with Crippen LogP contribution in [0, 0.1) is 0 Å². The van der Waals surface area contributed by atoms with Gasteiger partial charge >= 0.3 is 0 Å². The highest BCUT2D eigenvalue weighted by molar-refractivity contribution is 14.0. The van der Waals surface area contributed by atoms with Crippen LogP contribution in [0.1, 0.15) is 5.56 Å². The van der Waals surface area contributed by atoms with Gasteiger partial charge in [-0.25, -0.2) is 4.98 Å². The summed E-state index contributed by atoms with van der Waals surface area (Å²) in [5.41, 5.74) is 1.08. The number of benzene rings is 1. The van der Waals surface area contributed by atoms with Gasteiger partial charge in [-0.1, -0.05) is 23.7 Å². The molecule has 0 atom stereocenters. The van der Waals surface area contributed by atoms with Crippen LogP contribution in [0.25, 0.3) is 0 Å². The standard InChI is InChI=1S/C17H22ClN7O.HI/c1-19-17(21-6-7-25-13-20-12-22-25)24-9-8-23(16(26)11-24)10-14-2-4-15(18)5-3-14;/h2-5,12-13H,6-11H2,1H3,(H,19,21);1H. The number of nitrogens with one attached hydrogen (secondary N) is 1. The van der Waals surface area contributed by atoms with Crippen molar-refractivity contribution in [2.24, 2.45) is 4.99 Å². The average molecular weight is 504 g/mol. The van der Waals surface area contributed by atoms with E-state index in [1.807, 2.05) is 34.1 Å². The van der Waals surface area contributed by atoms with Crippen molar-refractivity contribution in [3.8, 4) is 0 Å². The van der Waals surface area contributed by atoms with Gasteiger partial charge in [-0.3, -0.25) is 14.5 Å². The van der Waals surface area contributed by atoms with Gasteiger partial charge in [0, 0.05) is 38.2 Å². The summed E-state index contributed by atoms with van der Waals surface area (Å²) in [5.74, 6) is 0.815. The number of rotatable bonds is 5. The number of aromatic nitrogens is 3. The molecule has 0 bridgehead atoms. The van der Waals surface area contributed by atoms with Crippen molar-refractivity contribution < 1.29 is 4.79 Å². The van der Waals surface area contributed by atoms with Gasteiger partial charge in [0.05, 0.1) is 13.1 Å². The first-order valence-corrected chi connectivity index (χ1v) is 8.84. The molecule has 1 aliphatic rings. The zero-order valence-corrected chi connectivity index (χ0v) is 18.2. The summed E-state index contributed by atoms with van der Waals surface area (Å²) in [6.45, 7) is 3.66. The molecule has 1 N–H and O–H groups in total. The lowest BCUT2D eigenvalue weighted by Gasteiger charge is -2.36. The van der Waals surface area contributed by atoms with E-state index in [1.165, 1.54) is 6.33 Å². The molecular formula is C17H23ClIN7O. The lowest BCUT2D eigenvalue weighted by molar-refractivity contribution is -0.135. The van der Waals surface area contributed by atoms with Crippen LogP contribution in [0.5, 0.6) is 0 Å². The maximum atomic E-state index is 12.5. The van der Waals surface area contributed by atoms with Gasteiger partial charge in [0.15, 0.2) is 5.96 Å². The maximum absolute atomic E-state index is 12.5. The summed E-state index contributed by atoms with van der Waals surface area (Å²) in [5, 5.41) is 8.03. The number of amides is 1. The number of piperazine rings is 1. The zero-order chi connectivity index (χ0) is 18.4. The van der Waals surface area contributed by atoms with Crippen LogP contribution in [0.15, 0.2) is 41.9 Å². The molecular weight excluding hydrogens is 481 g/mol. The Balaban J connectivity index is 0.00000261. The van der Waals surface area contributed by atoms with E-state index in [4.69, 9.17) is 11.6 Å². The molecule has 10 heteroatoms. The SMILES string of the molecule is CN=C(NCCn1cncn1)N1CCN(Cc2ccc(Cl)cc2)C(=O)C1.I. The fraction of sp³-hybridized carbons (Fsp3) is 0.412. The normalized spacial score (nSPS) is 14.9. The van der Waals surface area contributed by atoms with Gasteiger partial charge in [0.1, 0.15) is 12.7 Å². The van der Waals surface area contributed by atoms with Gasteiger partial charge in [-0.05, 0) is 17.7 Å². The number of guanidine groups is 1. The largest absolute Gasteiger partial charge is 0.354 e. The third-order valence-electron chi connectivity index (χ3n) is 4.21. The highest BCUT2D eigenvalue weighted by atomic mass is 127. The summed E-state index contributed by atoms with van der Waals surface area (Å²) in [6, 6.07) is 7.59. The molecule has 1 aromatic carbocycles. The fourth-order valence-corrected chi connectivity index (χ4v) is 2.96. The monoisotopic (exact) mass is 503 g/mol. The number of nitrogens with zero attached hydrogens (tertiary/aromatic N) is 6. The van der Waals surface area contributed by atoms with Crippen molar-refractivity contribution in [2.75, 3.05) is 33.2 Å². The van der Waals surface area contributed by atoms with Gasteiger partial charge in [-0.15, -0.1) is 24.0 Å². The van der Waals surface area contributed by atoms with Crippen LogP contribution in [0.2, 0.25) is 5.02 Å². The first-order chi connectivity index (χ1) is 12.7. The van der Waals surface area contributed by atoms with Crippen molar-refractivity contribution in [1.82, 2.24) is 29.9 Å². The Morgan fingerprint density at radius 3 is 2.70 bits per heavy atom. The van der Waals surface area contributed by atoms with Crippen LogP contribution in [0.3, 0.4) is 0 Å². The third-order valence-corrected chi connectivity index (χ3v) is 4.46. The van der Waals surface area contributed by atoms with E-state index in [-0.39, 0.29) is 29.9 Å². The average Bonchev–Trinajstić information content (AvgIpc) is 3.16. The number of hydrogen-bond acceptors (Lipinski definition) is 4. The minimum Gasteiger partial charge on any atom is -0.354 e. The van der Waals surface area contributed by atoms with E-state index in [1.54, 1.807) is 18.1 Å². The number of carbonyl (C=O) groups is 1. The van der Waals surface area contributed by atoms with Crippen LogP contribution >= 0.6 is 35.6 Å². The molecule has 1 aromatic heterocycles. The number of halogens is 2. The van der Waals surface area contributed by atoms with E-state index < -0.39 is 0 Å². The van der Waals surface area contributed by atoms with Gasteiger partial charge in [0.2, 0.25) is 5.91 Å². The number of carbonyl (C=O) groups excluding carboxylic acids is 1. The Hall–Kier alpha value is -1.88. The van der Waals surface area contributed by atoms with Crippen molar-refractivity contribution in [1.29, 1.82) is 0 Å². The summed E-state index contributed by atoms with van der Waals surface area (Å²) in [6.07, 6.45) is 3.18. The molecule has 1 saturated heterocycles. The molecule has 8 nitrogen and oxygen atoms in total. The molecule has 0 saturated carbocycles. The van der Waals surface area contributed by atoms with E-state index >= 15 is 0 Å². The second-order valence-electron chi connectivity index (χ2n) is 6.00. The van der Waals surface area contributed by atoms with Gasteiger partial charge in [-0.2, -0.15) is 5.10 Å². The van der Waals surface area contributed by atoms with Crippen LogP contribution in [-0.2, 0) is 17.9 Å². The van der Waals surface area contributed by atoms with Crippen molar-refractivity contribution in [3.05, 3.63) is 47.5 Å². The molecule has 3 rings (SSSR count). The Kier molecular flexibility index (Phi) is 8.29. The van der Waals surface area contributed by atoms with Crippen LogP contribution in [0.4, 0.5) is 0 Å². The quantitative estimate of drug-likeness (QED) is 0.380. The molecule has 1 amide bonds. The summed E-state index contributed by atoms with van der Waals surface area (Å²) < 4.78 is 1.75. The van der Waals surface area contributed by atoms with Crippen LogP contribution < -0.4 is 5.32 Å². The lowest BCUT2D eigenvalue weighted by atomic mass is 10.2. The topological polar surface area (TPSA) is 78.7 Å². The first kappa shape index (κ1) is 21.4. The number of hydrogen-bond donors (Lipinski definition) is 1. The molecule has 27 heavy (non-hydrogen) atoms. The fourth-order valence-electron chi connectivity index (χ4n) is 2.83. The number of aliphatic imine (C=N–C) groups is 1. The van der Waals surface area contributed by atoms with Gasteiger partial charge < -0.3 is 15.1 Å². The maximum Gasteiger partial charge on any atom is 0.242 e. The van der Waals surface area contributed by atoms with Gasteiger partial charge in [0.25, 0.3) is 0 Å². The molecule has 2 heterocycles. The van der Waals surface area contributed by atoms with E-state index in [9.17, 15) is 4.79 Å². The summed E-state index contributed by atoms with van der Waals surface area (Å²) >= 11 is 5.91. The molecule has 0 unspecified atom stereocenters. The summed E-state index contributed by atoms with van der Waals surface area (Å²) in [7, 11) is 1.72. The molecule has 2 aromatic rings. The minimum absolute atomic E-state index is 0. The van der Waals surface area contributed by atoms with Crippen molar-refractivity contribution >= 4 is 47.4 Å². The Labute approximate surface area is 180 Å². The molecule has 0 spiro atoms. The Bertz CT molecular complexity index is 751. The van der Waals surface area contributed by atoms with E-state index in [2.05, 4.69) is 20.4 Å². The van der Waals surface area contributed by atoms with Crippen LogP contribution in [-0.4, -0.2) is 69.7 Å². The molecule has 1 fully saturated rings. The molecule has 0 aliphatic carbocycles. The lowest BCUT2D eigenvalue weighted by Crippen LogP contribution is -2.55. The predicted molar refractivity (Wildman–Crippen MR) is 115 cm³/mol. The van der Waals surface area contributed by atoms with Crippen molar-refractivity contribution in [3.63, 3.8) is 0 Å². The van der Waals surface area contributed by atoms with E-state index in [0.717, 1.165) is 18.1 Å². The third kappa shape index (κ3) is 6.06. The molecule has 0 radical (unpaired) electrons. The Morgan fingerprint density at radius 1 is 1.30 bits per heavy atom. The minimum atomic E-state index is 0. The predicted octanol–water partition coefficient (Wildman–Crippen LogP) is 1.47. The highest BCUT2D eigenvalue weighted by Crippen LogP contribution is 2.13. The zero-order valence-electron chi connectivity index (χ0n) is 15.1. The summed E-state index contributed by atoms with van der Waals surface area (Å²) in [4.78, 5) is 24.5. The highest BCUT2D eigenvalue weighted by Gasteiger charge is 2.25.